The lowest BCUT2D eigenvalue weighted by molar-refractivity contribution is -0.151. The van der Waals surface area contributed by atoms with Gasteiger partial charge in [-0.25, -0.2) is 8.78 Å². The molecule has 1 atom stereocenters. The number of halogens is 2. The maximum atomic E-state index is 13.7. The Balaban J connectivity index is 2.21. The van der Waals surface area contributed by atoms with Crippen molar-refractivity contribution in [3.63, 3.8) is 0 Å². The molecule has 2 N–H and O–H groups in total. The van der Waals surface area contributed by atoms with Crippen LogP contribution in [-0.4, -0.2) is 43.8 Å². The average molecular weight is 518 g/mol. The van der Waals surface area contributed by atoms with Crippen molar-refractivity contribution >= 4 is 5.91 Å². The molecule has 37 heavy (non-hydrogen) atoms. The van der Waals surface area contributed by atoms with Gasteiger partial charge in [-0.3, -0.25) is 4.79 Å². The summed E-state index contributed by atoms with van der Waals surface area (Å²) < 4.78 is 26.0. The Labute approximate surface area is 222 Å². The van der Waals surface area contributed by atoms with E-state index in [2.05, 4.69) is 62.2 Å². The van der Waals surface area contributed by atoms with Gasteiger partial charge in [0, 0.05) is 37.7 Å². The third-order valence-corrected chi connectivity index (χ3v) is 7.33. The topological polar surface area (TPSA) is 53.6 Å². The predicted octanol–water partition coefficient (Wildman–Crippen LogP) is 6.38. The van der Waals surface area contributed by atoms with Crippen LogP contribution in [0.15, 0.2) is 60.7 Å². The lowest BCUT2D eigenvalue weighted by atomic mass is 9.73. The second kappa shape index (κ2) is 14.0. The molecule has 0 heterocycles. The smallest absolute Gasteiger partial charge is 0.217 e. The number of carbonyl (C=O) groups is 1. The van der Waals surface area contributed by atoms with Crippen LogP contribution in [0.4, 0.5) is 8.78 Å². The number of hydrogen-bond acceptors (Lipinski definition) is 4. The highest BCUT2D eigenvalue weighted by atomic mass is 19.1. The van der Waals surface area contributed by atoms with Gasteiger partial charge in [0.05, 0.1) is 13.4 Å². The number of carbonyl (C=O) groups excluding carboxylic acids is 1. The molecule has 1 fully saturated rings. The first-order valence-electron chi connectivity index (χ1n) is 13.1. The minimum Gasteiger partial charge on any atom is -0.353 e. The van der Waals surface area contributed by atoms with Gasteiger partial charge in [0.2, 0.25) is 5.91 Å². The fraction of sp³-hybridized carbons (Fsp3) is 0.567. The minimum absolute atomic E-state index is 0.0433. The van der Waals surface area contributed by atoms with Gasteiger partial charge in [-0.1, -0.05) is 57.2 Å². The van der Waals surface area contributed by atoms with Crippen LogP contribution >= 0.6 is 0 Å². The van der Waals surface area contributed by atoms with Crippen LogP contribution < -0.4 is 10.6 Å². The number of hydrogen-bond donors (Lipinski definition) is 2. The maximum absolute atomic E-state index is 13.7. The SMILES string of the molecule is C=C(/C=C(F)\C=C\F)C[C@@H](CCNC1(c2cccc(C(C)(C)C)c2)CCC(N(C)OC)CC1)NC(C)=O. The summed E-state index contributed by atoms with van der Waals surface area (Å²) in [6.07, 6.45) is 7.03. The lowest BCUT2D eigenvalue weighted by Gasteiger charge is -2.44. The Bertz CT molecular complexity index is 960. The molecule has 0 spiro atoms. The molecular formula is C30H45F2N3O2. The molecule has 0 unspecified atom stereocenters. The molecule has 206 valence electrons. The molecule has 0 bridgehead atoms. The maximum Gasteiger partial charge on any atom is 0.217 e. The molecule has 1 aliphatic rings. The summed E-state index contributed by atoms with van der Waals surface area (Å²) in [5.41, 5.74) is 2.92. The van der Waals surface area contributed by atoms with Crippen molar-refractivity contribution in [3.05, 3.63) is 71.9 Å². The first-order valence-corrected chi connectivity index (χ1v) is 13.1. The van der Waals surface area contributed by atoms with E-state index in [9.17, 15) is 13.6 Å². The van der Waals surface area contributed by atoms with Gasteiger partial charge in [0.15, 0.2) is 0 Å². The molecule has 1 aromatic rings. The van der Waals surface area contributed by atoms with Gasteiger partial charge in [-0.15, -0.1) is 0 Å². The Morgan fingerprint density at radius 1 is 1.32 bits per heavy atom. The molecule has 0 aliphatic heterocycles. The molecule has 0 saturated heterocycles. The van der Waals surface area contributed by atoms with E-state index in [1.165, 1.54) is 24.1 Å². The highest BCUT2D eigenvalue weighted by Gasteiger charge is 2.38. The third kappa shape index (κ3) is 9.47. The van der Waals surface area contributed by atoms with E-state index in [0.717, 1.165) is 31.8 Å². The first kappa shape index (κ1) is 30.9. The third-order valence-electron chi connectivity index (χ3n) is 7.33. The van der Waals surface area contributed by atoms with Crippen molar-refractivity contribution in [2.45, 2.75) is 89.3 Å². The summed E-state index contributed by atoms with van der Waals surface area (Å²) in [5, 5.41) is 8.76. The van der Waals surface area contributed by atoms with Crippen LogP contribution in [0.25, 0.3) is 0 Å². The molecule has 7 heteroatoms. The van der Waals surface area contributed by atoms with Crippen molar-refractivity contribution in [1.82, 2.24) is 15.7 Å². The zero-order valence-corrected chi connectivity index (χ0v) is 23.4. The van der Waals surface area contributed by atoms with Gasteiger partial charge in [0.25, 0.3) is 0 Å². The summed E-state index contributed by atoms with van der Waals surface area (Å²) in [7, 11) is 3.69. The largest absolute Gasteiger partial charge is 0.353 e. The van der Waals surface area contributed by atoms with Crippen molar-refractivity contribution in [3.8, 4) is 0 Å². The molecule has 1 aliphatic carbocycles. The van der Waals surface area contributed by atoms with E-state index in [4.69, 9.17) is 4.84 Å². The van der Waals surface area contributed by atoms with Gasteiger partial charge >= 0.3 is 0 Å². The summed E-state index contributed by atoms with van der Waals surface area (Å²) >= 11 is 0. The number of rotatable bonds is 12. The van der Waals surface area contributed by atoms with Gasteiger partial charge < -0.3 is 15.5 Å². The van der Waals surface area contributed by atoms with Crippen LogP contribution in [0, 0.1) is 0 Å². The van der Waals surface area contributed by atoms with E-state index in [-0.39, 0.29) is 29.2 Å². The number of hydroxylamine groups is 2. The predicted molar refractivity (Wildman–Crippen MR) is 147 cm³/mol. The monoisotopic (exact) mass is 517 g/mol. The van der Waals surface area contributed by atoms with Crippen molar-refractivity contribution < 1.29 is 18.4 Å². The molecular weight excluding hydrogens is 472 g/mol. The van der Waals surface area contributed by atoms with Crippen molar-refractivity contribution in [2.75, 3.05) is 20.7 Å². The molecule has 1 aromatic carbocycles. The van der Waals surface area contributed by atoms with Gasteiger partial charge in [0.1, 0.15) is 5.83 Å². The summed E-state index contributed by atoms with van der Waals surface area (Å²) in [4.78, 5) is 17.3. The Kier molecular flexibility index (Phi) is 11.7. The molecule has 0 aromatic heterocycles. The number of nitrogens with one attached hydrogen (secondary N) is 2. The van der Waals surface area contributed by atoms with Crippen LogP contribution in [0.1, 0.15) is 77.3 Å². The zero-order valence-electron chi connectivity index (χ0n) is 23.4. The number of allylic oxidation sites excluding steroid dienone is 3. The van der Waals surface area contributed by atoms with Crippen molar-refractivity contribution in [2.24, 2.45) is 0 Å². The number of nitrogens with zero attached hydrogens (tertiary/aromatic N) is 1. The Morgan fingerprint density at radius 2 is 2.00 bits per heavy atom. The van der Waals surface area contributed by atoms with Gasteiger partial charge in [-0.05, 0) is 67.7 Å². The first-order chi connectivity index (χ1) is 17.4. The average Bonchev–Trinajstić information content (AvgIpc) is 2.83. The standard InChI is InChI=1S/C30H45F2N3O2/c1-22(19-26(32)13-17-31)20-27(34-23(2)36)14-18-33-30(15-11-28(12-16-30)35(6)37-7)25-10-8-9-24(21-25)29(3,4)5/h8-10,13,17,19,21,27-28,33H,1,11-12,14-16,18,20H2,2-7H3,(H,34,36)/b17-13+,26-19+/t27-,28?,30?/m1/s1. The minimum atomic E-state index is -0.706. The molecule has 1 amide bonds. The summed E-state index contributed by atoms with van der Waals surface area (Å²) in [6, 6.07) is 9.01. The van der Waals surface area contributed by atoms with Crippen LogP contribution in [0.5, 0.6) is 0 Å². The number of benzene rings is 1. The van der Waals surface area contributed by atoms with E-state index in [1.54, 1.807) is 7.11 Å². The van der Waals surface area contributed by atoms with Crippen molar-refractivity contribution in [1.29, 1.82) is 0 Å². The molecule has 2 rings (SSSR count). The van der Waals surface area contributed by atoms with E-state index >= 15 is 0 Å². The van der Waals surface area contributed by atoms with Crippen LogP contribution in [0.2, 0.25) is 0 Å². The second-order valence-electron chi connectivity index (χ2n) is 11.2. The fourth-order valence-electron chi connectivity index (χ4n) is 5.14. The van der Waals surface area contributed by atoms with Crippen LogP contribution in [0.3, 0.4) is 0 Å². The van der Waals surface area contributed by atoms with Gasteiger partial charge in [-0.2, -0.15) is 5.06 Å². The summed E-state index contributed by atoms with van der Waals surface area (Å²) in [5.74, 6) is -0.857. The Morgan fingerprint density at radius 3 is 2.57 bits per heavy atom. The van der Waals surface area contributed by atoms with E-state index < -0.39 is 5.83 Å². The highest BCUT2D eigenvalue weighted by Crippen LogP contribution is 2.40. The second-order valence-corrected chi connectivity index (χ2v) is 11.2. The Hall–Kier alpha value is -2.35. The normalized spacial score (nSPS) is 21.9. The molecule has 0 radical (unpaired) electrons. The molecule has 5 nitrogen and oxygen atoms in total. The van der Waals surface area contributed by atoms with E-state index in [0.29, 0.717) is 31.0 Å². The highest BCUT2D eigenvalue weighted by molar-refractivity contribution is 5.73. The van der Waals surface area contributed by atoms with Crippen LogP contribution in [-0.2, 0) is 20.6 Å². The number of amides is 1. The lowest BCUT2D eigenvalue weighted by Crippen LogP contribution is -2.50. The van der Waals surface area contributed by atoms with E-state index in [1.807, 2.05) is 12.1 Å². The fourth-order valence-corrected chi connectivity index (χ4v) is 5.14. The zero-order chi connectivity index (χ0) is 27.6. The quantitative estimate of drug-likeness (QED) is 0.249. The molecule has 1 saturated carbocycles. The summed E-state index contributed by atoms with van der Waals surface area (Å²) in [6.45, 7) is 12.7.